The Morgan fingerprint density at radius 3 is 2.56 bits per heavy atom. The first kappa shape index (κ1) is 19.9. The molecule has 2 aromatic heterocycles. The van der Waals surface area contributed by atoms with Gasteiger partial charge in [-0.1, -0.05) is 0 Å². The summed E-state index contributed by atoms with van der Waals surface area (Å²) in [5.74, 6) is 0.118. The van der Waals surface area contributed by atoms with Crippen LogP contribution in [0.15, 0.2) is 17.2 Å². The predicted octanol–water partition coefficient (Wildman–Crippen LogP) is 2.67. The molecule has 0 bridgehead atoms. The van der Waals surface area contributed by atoms with Crippen LogP contribution in [0.5, 0.6) is 0 Å². The van der Waals surface area contributed by atoms with Gasteiger partial charge in [-0.05, 0) is 39.2 Å². The Morgan fingerprint density at radius 1 is 1.30 bits per heavy atom. The third-order valence-corrected chi connectivity index (χ3v) is 6.01. The highest BCUT2D eigenvalue weighted by Crippen LogP contribution is 2.42. The number of hydrogen-bond donors (Lipinski definition) is 1. The summed E-state index contributed by atoms with van der Waals surface area (Å²) in [6.07, 6.45) is -0.967. The summed E-state index contributed by atoms with van der Waals surface area (Å²) in [5.41, 5.74) is 0.0834. The molecule has 2 heterocycles. The van der Waals surface area contributed by atoms with Crippen molar-refractivity contribution in [2.75, 3.05) is 6.54 Å². The van der Waals surface area contributed by atoms with E-state index in [1.807, 2.05) is 6.92 Å². The number of aromatic nitrogens is 4. The molecular weight excluding hydrogens is 383 g/mol. The third-order valence-electron chi connectivity index (χ3n) is 4.45. The number of rotatable bonds is 8. The molecule has 0 radical (unpaired) electrons. The first-order valence-electron chi connectivity index (χ1n) is 8.80. The largest absolute Gasteiger partial charge is 0.435 e. The van der Waals surface area contributed by atoms with E-state index in [2.05, 4.69) is 14.9 Å². The fourth-order valence-electron chi connectivity index (χ4n) is 2.90. The maximum Gasteiger partial charge on any atom is 0.435 e. The van der Waals surface area contributed by atoms with Gasteiger partial charge in [-0.3, -0.25) is 9.36 Å². The van der Waals surface area contributed by atoms with Gasteiger partial charge in [0, 0.05) is 37.4 Å². The van der Waals surface area contributed by atoms with E-state index >= 15 is 0 Å². The van der Waals surface area contributed by atoms with Crippen LogP contribution < -0.4 is 4.72 Å². The van der Waals surface area contributed by atoms with Gasteiger partial charge in [-0.2, -0.15) is 23.4 Å². The minimum atomic E-state index is -4.48. The van der Waals surface area contributed by atoms with Crippen molar-refractivity contribution in [1.82, 2.24) is 24.3 Å². The molecule has 0 atom stereocenters. The van der Waals surface area contributed by atoms with Crippen molar-refractivity contribution < 1.29 is 21.6 Å². The molecule has 150 valence electrons. The van der Waals surface area contributed by atoms with Crippen LogP contribution in [0.2, 0.25) is 0 Å². The fourth-order valence-corrected chi connectivity index (χ4v) is 4.15. The van der Waals surface area contributed by atoms with Crippen molar-refractivity contribution in [2.24, 2.45) is 0 Å². The lowest BCUT2D eigenvalue weighted by Gasteiger charge is -2.08. The van der Waals surface area contributed by atoms with E-state index in [1.54, 1.807) is 6.92 Å². The minimum Gasteiger partial charge on any atom is -0.271 e. The zero-order valence-electron chi connectivity index (χ0n) is 15.1. The molecule has 27 heavy (non-hydrogen) atoms. The molecule has 3 rings (SSSR count). The van der Waals surface area contributed by atoms with Crippen LogP contribution in [0.4, 0.5) is 13.2 Å². The van der Waals surface area contributed by atoms with E-state index in [0.717, 1.165) is 18.9 Å². The lowest BCUT2D eigenvalue weighted by Crippen LogP contribution is -2.26. The summed E-state index contributed by atoms with van der Waals surface area (Å²) in [4.78, 5) is 0.112. The zero-order chi connectivity index (χ0) is 19.8. The zero-order valence-corrected chi connectivity index (χ0v) is 15.9. The maximum atomic E-state index is 12.9. The SMILES string of the molecule is CCn1cc(S(=O)(=O)NCCCn2nc(C(F)(F)F)cc2C2CC2)c(C)n1. The Bertz CT molecular complexity index is 913. The molecule has 0 aromatic carbocycles. The molecule has 1 aliphatic rings. The smallest absolute Gasteiger partial charge is 0.271 e. The number of nitrogens with one attached hydrogen (secondary N) is 1. The van der Waals surface area contributed by atoms with Gasteiger partial charge >= 0.3 is 6.18 Å². The van der Waals surface area contributed by atoms with Crippen molar-refractivity contribution in [3.05, 3.63) is 29.3 Å². The third kappa shape index (κ3) is 4.52. The fraction of sp³-hybridized carbons (Fsp3) is 0.625. The highest BCUT2D eigenvalue weighted by molar-refractivity contribution is 7.89. The second-order valence-electron chi connectivity index (χ2n) is 6.64. The lowest BCUT2D eigenvalue weighted by atomic mass is 10.2. The number of sulfonamides is 1. The number of nitrogens with zero attached hydrogens (tertiary/aromatic N) is 4. The molecule has 1 N–H and O–H groups in total. The molecule has 2 aromatic rings. The van der Waals surface area contributed by atoms with E-state index in [-0.39, 0.29) is 23.9 Å². The number of aryl methyl sites for hydroxylation is 3. The van der Waals surface area contributed by atoms with E-state index in [9.17, 15) is 21.6 Å². The van der Waals surface area contributed by atoms with Gasteiger partial charge < -0.3 is 0 Å². The highest BCUT2D eigenvalue weighted by Gasteiger charge is 2.37. The van der Waals surface area contributed by atoms with Gasteiger partial charge in [0.15, 0.2) is 5.69 Å². The maximum absolute atomic E-state index is 12.9. The second kappa shape index (κ2) is 7.27. The molecule has 1 aliphatic carbocycles. The second-order valence-corrected chi connectivity index (χ2v) is 8.37. The molecule has 0 saturated heterocycles. The standard InChI is InChI=1S/C16H22F3N5O2S/c1-3-23-10-14(11(2)21-23)27(25,26)20-7-4-8-24-13(12-5-6-12)9-15(22-24)16(17,18)19/h9-10,12,20H,3-8H2,1-2H3. The Labute approximate surface area is 155 Å². The van der Waals surface area contributed by atoms with Crippen LogP contribution in [-0.2, 0) is 29.3 Å². The van der Waals surface area contributed by atoms with E-state index in [4.69, 9.17) is 0 Å². The van der Waals surface area contributed by atoms with Gasteiger partial charge in [0.2, 0.25) is 10.0 Å². The molecule has 0 amide bonds. The minimum absolute atomic E-state index is 0.102. The topological polar surface area (TPSA) is 81.8 Å². The van der Waals surface area contributed by atoms with Crippen molar-refractivity contribution in [3.8, 4) is 0 Å². The summed E-state index contributed by atoms with van der Waals surface area (Å²) in [5, 5.41) is 7.78. The first-order valence-corrected chi connectivity index (χ1v) is 10.3. The first-order chi connectivity index (χ1) is 12.6. The summed E-state index contributed by atoms with van der Waals surface area (Å²) in [6, 6.07) is 1.10. The van der Waals surface area contributed by atoms with Crippen molar-refractivity contribution >= 4 is 10.0 Å². The van der Waals surface area contributed by atoms with E-state index in [0.29, 0.717) is 24.4 Å². The van der Waals surface area contributed by atoms with Gasteiger partial charge in [-0.15, -0.1) is 0 Å². The molecule has 7 nitrogen and oxygen atoms in total. The van der Waals surface area contributed by atoms with Gasteiger partial charge in [-0.25, -0.2) is 13.1 Å². The molecular formula is C16H22F3N5O2S. The Morgan fingerprint density at radius 2 is 2.00 bits per heavy atom. The summed E-state index contributed by atoms with van der Waals surface area (Å²) < 4.78 is 68.8. The van der Waals surface area contributed by atoms with Crippen molar-refractivity contribution in [3.63, 3.8) is 0 Å². The number of hydrogen-bond acceptors (Lipinski definition) is 4. The summed E-state index contributed by atoms with van der Waals surface area (Å²) in [7, 11) is -3.71. The highest BCUT2D eigenvalue weighted by atomic mass is 32.2. The van der Waals surface area contributed by atoms with E-state index in [1.165, 1.54) is 15.6 Å². The van der Waals surface area contributed by atoms with Crippen LogP contribution in [-0.4, -0.2) is 34.5 Å². The molecule has 11 heteroatoms. The van der Waals surface area contributed by atoms with Crippen LogP contribution in [0.1, 0.15) is 49.2 Å². The van der Waals surface area contributed by atoms with Crippen LogP contribution in [0, 0.1) is 6.92 Å². The Kier molecular flexibility index (Phi) is 5.35. The van der Waals surface area contributed by atoms with Crippen molar-refractivity contribution in [2.45, 2.75) is 63.2 Å². The normalized spacial score (nSPS) is 15.4. The molecule has 0 unspecified atom stereocenters. The van der Waals surface area contributed by atoms with Crippen LogP contribution in [0.25, 0.3) is 0 Å². The van der Waals surface area contributed by atoms with Crippen molar-refractivity contribution in [1.29, 1.82) is 0 Å². The predicted molar refractivity (Wildman–Crippen MR) is 91.6 cm³/mol. The number of halogens is 3. The Balaban J connectivity index is 1.61. The number of alkyl halides is 3. The Hall–Kier alpha value is -1.88. The molecule has 0 aliphatic heterocycles. The quantitative estimate of drug-likeness (QED) is 0.685. The summed E-state index contributed by atoms with van der Waals surface area (Å²) in [6.45, 7) is 4.35. The molecule has 1 fully saturated rings. The van der Waals surface area contributed by atoms with Gasteiger partial charge in [0.1, 0.15) is 4.90 Å². The lowest BCUT2D eigenvalue weighted by molar-refractivity contribution is -0.141. The van der Waals surface area contributed by atoms with Crippen LogP contribution in [0.3, 0.4) is 0 Å². The molecule has 1 saturated carbocycles. The monoisotopic (exact) mass is 405 g/mol. The average Bonchev–Trinajstić information content (AvgIpc) is 3.20. The van der Waals surface area contributed by atoms with Gasteiger partial charge in [0.05, 0.1) is 5.69 Å². The van der Waals surface area contributed by atoms with Gasteiger partial charge in [0.25, 0.3) is 0 Å². The van der Waals surface area contributed by atoms with E-state index < -0.39 is 21.9 Å². The van der Waals surface area contributed by atoms with Crippen LogP contribution >= 0.6 is 0 Å². The summed E-state index contributed by atoms with van der Waals surface area (Å²) >= 11 is 0. The average molecular weight is 405 g/mol. The molecule has 0 spiro atoms.